The van der Waals surface area contributed by atoms with Gasteiger partial charge in [-0.3, -0.25) is 14.9 Å². The Labute approximate surface area is 173 Å². The molecule has 0 spiro atoms. The van der Waals surface area contributed by atoms with Gasteiger partial charge in [0.1, 0.15) is 17.2 Å². The molecule has 10 heteroatoms. The van der Waals surface area contributed by atoms with Gasteiger partial charge in [-0.1, -0.05) is 12.1 Å². The van der Waals surface area contributed by atoms with Gasteiger partial charge in [-0.15, -0.1) is 0 Å². The van der Waals surface area contributed by atoms with E-state index in [1.807, 2.05) is 4.90 Å². The summed E-state index contributed by atoms with van der Waals surface area (Å²) in [5.74, 6) is -1.80. The summed E-state index contributed by atoms with van der Waals surface area (Å²) in [5.41, 5.74) is -0.592. The highest BCUT2D eigenvalue weighted by atomic mass is 79.9. The van der Waals surface area contributed by atoms with Gasteiger partial charge in [0.25, 0.3) is 11.8 Å². The number of carbonyl (C=O) groups is 3. The molecule has 0 aliphatic carbocycles. The van der Waals surface area contributed by atoms with Crippen LogP contribution >= 0.6 is 15.9 Å². The van der Waals surface area contributed by atoms with Gasteiger partial charge in [-0.2, -0.15) is 0 Å². The maximum atomic E-state index is 14.1. The van der Waals surface area contributed by atoms with Gasteiger partial charge < -0.3 is 14.1 Å². The first-order valence-electron chi connectivity index (χ1n) is 8.73. The van der Waals surface area contributed by atoms with Crippen LogP contribution in [0.15, 0.2) is 44.8 Å². The molecule has 0 saturated carbocycles. The number of furan rings is 1. The van der Waals surface area contributed by atoms with Crippen LogP contribution in [0.4, 0.5) is 20.8 Å². The number of hydrogen-bond donors (Lipinski definition) is 1. The number of barbiturate groups is 1. The SMILES string of the molecule is O=C1NC(=O)N(c2ccccc2F)C(=O)/C1=C/c1cc(Br)c(N2CCOCC2)o1. The second kappa shape index (κ2) is 7.80. The van der Waals surface area contributed by atoms with Crippen LogP contribution < -0.4 is 15.1 Å². The van der Waals surface area contributed by atoms with E-state index in [0.717, 1.165) is 6.07 Å². The van der Waals surface area contributed by atoms with Gasteiger partial charge in [0, 0.05) is 19.2 Å². The summed E-state index contributed by atoms with van der Waals surface area (Å²) < 4.78 is 25.9. The average Bonchev–Trinajstić information content (AvgIpc) is 3.07. The summed E-state index contributed by atoms with van der Waals surface area (Å²) in [6.07, 6.45) is 1.23. The van der Waals surface area contributed by atoms with Crippen molar-refractivity contribution in [3.05, 3.63) is 52.0 Å². The van der Waals surface area contributed by atoms with Crippen molar-refractivity contribution in [2.24, 2.45) is 0 Å². The molecule has 2 aliphatic heterocycles. The summed E-state index contributed by atoms with van der Waals surface area (Å²) >= 11 is 3.41. The largest absolute Gasteiger partial charge is 0.440 e. The molecular weight excluding hydrogens is 449 g/mol. The van der Waals surface area contributed by atoms with Crippen LogP contribution in [0.2, 0.25) is 0 Å². The van der Waals surface area contributed by atoms with Crippen molar-refractivity contribution in [2.75, 3.05) is 36.1 Å². The van der Waals surface area contributed by atoms with Gasteiger partial charge in [-0.05, 0) is 34.1 Å². The molecule has 2 aromatic rings. The highest BCUT2D eigenvalue weighted by Gasteiger charge is 2.38. The van der Waals surface area contributed by atoms with Gasteiger partial charge in [0.05, 0.1) is 23.4 Å². The van der Waals surface area contributed by atoms with Crippen LogP contribution in [-0.2, 0) is 14.3 Å². The first-order valence-corrected chi connectivity index (χ1v) is 9.53. The summed E-state index contributed by atoms with van der Waals surface area (Å²) in [7, 11) is 0. The molecule has 150 valence electrons. The minimum atomic E-state index is -1.02. The van der Waals surface area contributed by atoms with Crippen molar-refractivity contribution in [3.8, 4) is 0 Å². The summed E-state index contributed by atoms with van der Waals surface area (Å²) in [6, 6.07) is 5.91. The third-order valence-corrected chi connectivity index (χ3v) is 5.04. The molecular formula is C19H15BrFN3O5. The van der Waals surface area contributed by atoms with Crippen LogP contribution in [0.5, 0.6) is 0 Å². The molecule has 0 unspecified atom stereocenters. The highest BCUT2D eigenvalue weighted by molar-refractivity contribution is 9.10. The Kier molecular flexibility index (Phi) is 5.20. The molecule has 0 atom stereocenters. The number of urea groups is 1. The van der Waals surface area contributed by atoms with Gasteiger partial charge in [0.15, 0.2) is 0 Å². The number of rotatable bonds is 3. The van der Waals surface area contributed by atoms with Crippen LogP contribution in [0.1, 0.15) is 5.76 Å². The molecule has 0 radical (unpaired) electrons. The topological polar surface area (TPSA) is 92.1 Å². The number of nitrogens with one attached hydrogen (secondary N) is 1. The van der Waals surface area contributed by atoms with Crippen molar-refractivity contribution in [1.82, 2.24) is 5.32 Å². The van der Waals surface area contributed by atoms with Gasteiger partial charge in [0.2, 0.25) is 5.88 Å². The molecule has 1 aromatic heterocycles. The summed E-state index contributed by atoms with van der Waals surface area (Å²) in [5, 5.41) is 2.05. The predicted molar refractivity (Wildman–Crippen MR) is 105 cm³/mol. The number of nitrogens with zero attached hydrogens (tertiary/aromatic N) is 2. The molecule has 3 heterocycles. The lowest BCUT2D eigenvalue weighted by atomic mass is 10.1. The molecule has 29 heavy (non-hydrogen) atoms. The number of carbonyl (C=O) groups excluding carboxylic acids is 3. The van der Waals surface area contributed by atoms with Crippen molar-refractivity contribution < 1.29 is 27.9 Å². The standard InChI is InChI=1S/C19H15BrFN3O5/c20-13-10-11(29-18(13)23-5-7-28-8-6-23)9-12-16(25)22-19(27)24(17(12)26)15-4-2-1-3-14(15)21/h1-4,9-10H,5-8H2,(H,22,25,27)/b12-9+. The highest BCUT2D eigenvalue weighted by Crippen LogP contribution is 2.32. The Hall–Kier alpha value is -2.98. The minimum absolute atomic E-state index is 0.236. The normalized spacial score (nSPS) is 19.1. The van der Waals surface area contributed by atoms with Crippen LogP contribution in [0.3, 0.4) is 0 Å². The van der Waals surface area contributed by atoms with Crippen molar-refractivity contribution in [2.45, 2.75) is 0 Å². The number of para-hydroxylation sites is 1. The molecule has 0 bridgehead atoms. The third kappa shape index (κ3) is 3.68. The Bertz CT molecular complexity index is 1030. The second-order valence-electron chi connectivity index (χ2n) is 6.31. The number of morpholine rings is 1. The van der Waals surface area contributed by atoms with Crippen molar-refractivity contribution >= 4 is 51.4 Å². The lowest BCUT2D eigenvalue weighted by molar-refractivity contribution is -0.122. The third-order valence-electron chi connectivity index (χ3n) is 4.47. The molecule has 8 nitrogen and oxygen atoms in total. The van der Waals surface area contributed by atoms with E-state index in [-0.39, 0.29) is 17.0 Å². The first kappa shape index (κ1) is 19.3. The van der Waals surface area contributed by atoms with Crippen LogP contribution in [-0.4, -0.2) is 44.1 Å². The summed E-state index contributed by atoms with van der Waals surface area (Å²) in [6.45, 7) is 2.39. The van der Waals surface area contributed by atoms with E-state index in [4.69, 9.17) is 9.15 Å². The van der Waals surface area contributed by atoms with Crippen molar-refractivity contribution in [3.63, 3.8) is 0 Å². The first-order chi connectivity index (χ1) is 14.0. The van der Waals surface area contributed by atoms with Crippen LogP contribution in [0.25, 0.3) is 6.08 Å². The number of anilines is 2. The molecule has 2 aliphatic rings. The smallest absolute Gasteiger partial charge is 0.336 e. The van der Waals surface area contributed by atoms with Crippen LogP contribution in [0, 0.1) is 5.82 Å². The zero-order valence-corrected chi connectivity index (χ0v) is 16.6. The maximum Gasteiger partial charge on any atom is 0.336 e. The number of amides is 4. The second-order valence-corrected chi connectivity index (χ2v) is 7.16. The van der Waals surface area contributed by atoms with E-state index < -0.39 is 23.7 Å². The molecule has 4 amide bonds. The predicted octanol–water partition coefficient (Wildman–Crippen LogP) is 2.68. The molecule has 4 rings (SSSR count). The van der Waals surface area contributed by atoms with E-state index in [1.54, 1.807) is 6.07 Å². The average molecular weight is 464 g/mol. The summed E-state index contributed by atoms with van der Waals surface area (Å²) in [4.78, 5) is 39.8. The number of halogens is 2. The Morgan fingerprint density at radius 3 is 2.59 bits per heavy atom. The quantitative estimate of drug-likeness (QED) is 0.555. The minimum Gasteiger partial charge on any atom is -0.440 e. The zero-order valence-electron chi connectivity index (χ0n) is 15.0. The molecule has 1 N–H and O–H groups in total. The molecule has 2 saturated heterocycles. The number of ether oxygens (including phenoxy) is 1. The Morgan fingerprint density at radius 2 is 1.86 bits per heavy atom. The fraction of sp³-hybridized carbons (Fsp3) is 0.211. The maximum absolute atomic E-state index is 14.1. The molecule has 1 aromatic carbocycles. The number of hydrogen-bond acceptors (Lipinski definition) is 6. The van der Waals surface area contributed by atoms with Crippen molar-refractivity contribution in [1.29, 1.82) is 0 Å². The number of imide groups is 2. The fourth-order valence-corrected chi connectivity index (χ4v) is 3.64. The molecule has 2 fully saturated rings. The van der Waals surface area contributed by atoms with Gasteiger partial charge >= 0.3 is 6.03 Å². The van der Waals surface area contributed by atoms with E-state index >= 15 is 0 Å². The van der Waals surface area contributed by atoms with Gasteiger partial charge in [-0.25, -0.2) is 14.1 Å². The fourth-order valence-electron chi connectivity index (χ4n) is 3.08. The number of benzene rings is 1. The lowest BCUT2D eigenvalue weighted by Gasteiger charge is -2.27. The zero-order chi connectivity index (χ0) is 20.5. The van der Waals surface area contributed by atoms with E-state index in [9.17, 15) is 18.8 Å². The Balaban J connectivity index is 1.67. The lowest BCUT2D eigenvalue weighted by Crippen LogP contribution is -2.54. The van der Waals surface area contributed by atoms with E-state index in [2.05, 4.69) is 21.2 Å². The van der Waals surface area contributed by atoms with E-state index in [0.29, 0.717) is 41.6 Å². The van der Waals surface area contributed by atoms with E-state index in [1.165, 1.54) is 24.3 Å². The Morgan fingerprint density at radius 1 is 1.14 bits per heavy atom. The monoisotopic (exact) mass is 463 g/mol.